The van der Waals surface area contributed by atoms with E-state index < -0.39 is 0 Å². The van der Waals surface area contributed by atoms with Crippen molar-refractivity contribution in [3.05, 3.63) is 71.3 Å². The lowest BCUT2D eigenvalue weighted by Crippen LogP contribution is -2.32. The summed E-state index contributed by atoms with van der Waals surface area (Å²) < 4.78 is 0. The third kappa shape index (κ3) is 2.02. The molecule has 2 aromatic carbocycles. The van der Waals surface area contributed by atoms with Crippen LogP contribution in [0.1, 0.15) is 40.7 Å². The zero-order valence-electron chi connectivity index (χ0n) is 11.2. The first-order valence-electron chi connectivity index (χ1n) is 6.87. The van der Waals surface area contributed by atoms with Crippen LogP contribution in [-0.2, 0) is 5.41 Å². The molecule has 0 bridgehead atoms. The summed E-state index contributed by atoms with van der Waals surface area (Å²) in [5, 5.41) is 9.40. The first kappa shape index (κ1) is 12.6. The summed E-state index contributed by atoms with van der Waals surface area (Å²) >= 11 is 0. The smallest absolute Gasteiger partial charge is 0.193 e. The van der Waals surface area contributed by atoms with E-state index in [2.05, 4.69) is 6.07 Å². The van der Waals surface area contributed by atoms with Crippen LogP contribution >= 0.6 is 0 Å². The van der Waals surface area contributed by atoms with Crippen molar-refractivity contribution in [2.75, 3.05) is 0 Å². The molecule has 1 aliphatic rings. The van der Waals surface area contributed by atoms with E-state index in [0.29, 0.717) is 11.1 Å². The number of rotatable bonds is 3. The molecule has 1 saturated carbocycles. The van der Waals surface area contributed by atoms with Crippen LogP contribution in [0.3, 0.4) is 0 Å². The Morgan fingerprint density at radius 1 is 1.00 bits per heavy atom. The molecular weight excluding hydrogens is 246 g/mol. The average molecular weight is 261 g/mol. The molecule has 0 saturated heterocycles. The largest absolute Gasteiger partial charge is 0.289 e. The Balaban J connectivity index is 1.97. The van der Waals surface area contributed by atoms with Crippen molar-refractivity contribution < 1.29 is 4.79 Å². The van der Waals surface area contributed by atoms with E-state index >= 15 is 0 Å². The molecule has 2 heteroatoms. The Bertz CT molecular complexity index is 678. The summed E-state index contributed by atoms with van der Waals surface area (Å²) in [7, 11) is 0. The van der Waals surface area contributed by atoms with Crippen LogP contribution in [0.15, 0.2) is 54.6 Å². The Morgan fingerprint density at radius 3 is 2.30 bits per heavy atom. The van der Waals surface area contributed by atoms with Gasteiger partial charge in [0.1, 0.15) is 0 Å². The summed E-state index contributed by atoms with van der Waals surface area (Å²) in [6, 6.07) is 19.2. The number of carbonyl (C=O) groups excluding carboxylic acids is 1. The normalized spacial score (nSPS) is 15.9. The summed E-state index contributed by atoms with van der Waals surface area (Å²) in [6.45, 7) is 0. The van der Waals surface area contributed by atoms with Crippen LogP contribution in [0.5, 0.6) is 0 Å². The Morgan fingerprint density at radius 2 is 1.70 bits per heavy atom. The van der Waals surface area contributed by atoms with Gasteiger partial charge >= 0.3 is 0 Å². The van der Waals surface area contributed by atoms with E-state index in [-0.39, 0.29) is 11.2 Å². The quantitative estimate of drug-likeness (QED) is 0.787. The van der Waals surface area contributed by atoms with Crippen molar-refractivity contribution >= 4 is 5.78 Å². The van der Waals surface area contributed by atoms with E-state index in [1.54, 1.807) is 0 Å². The molecule has 0 aromatic heterocycles. The fourth-order valence-corrected chi connectivity index (χ4v) is 2.71. The summed E-state index contributed by atoms with van der Waals surface area (Å²) in [5.41, 5.74) is 1.96. The number of nitriles is 1. The zero-order valence-corrected chi connectivity index (χ0v) is 11.2. The molecule has 0 atom stereocenters. The van der Waals surface area contributed by atoms with Gasteiger partial charge in [-0.1, -0.05) is 48.5 Å². The van der Waals surface area contributed by atoms with Crippen LogP contribution in [0.4, 0.5) is 0 Å². The molecule has 0 unspecified atom stereocenters. The molecule has 98 valence electrons. The van der Waals surface area contributed by atoms with Gasteiger partial charge in [0.15, 0.2) is 5.78 Å². The van der Waals surface area contributed by atoms with Crippen molar-refractivity contribution in [3.63, 3.8) is 0 Å². The van der Waals surface area contributed by atoms with Crippen LogP contribution in [-0.4, -0.2) is 5.78 Å². The molecule has 2 aromatic rings. The van der Waals surface area contributed by atoms with Crippen LogP contribution in [0, 0.1) is 11.3 Å². The molecule has 20 heavy (non-hydrogen) atoms. The van der Waals surface area contributed by atoms with Crippen molar-refractivity contribution in [3.8, 4) is 6.07 Å². The lowest BCUT2D eigenvalue weighted by Gasteiger charge is -2.35. The van der Waals surface area contributed by atoms with Gasteiger partial charge in [0, 0.05) is 11.1 Å². The minimum absolute atomic E-state index is 0.0138. The topological polar surface area (TPSA) is 40.9 Å². The standard InChI is InChI=1S/C18H15NO/c19-13-18(10-5-11-18)16-9-4-8-15(12-16)17(20)14-6-2-1-3-7-14/h1-4,6-9,12H,5,10-11H2. The van der Waals surface area contributed by atoms with Gasteiger partial charge in [-0.15, -0.1) is 0 Å². The first-order valence-corrected chi connectivity index (χ1v) is 6.87. The third-order valence-corrected chi connectivity index (χ3v) is 4.13. The van der Waals surface area contributed by atoms with Crippen molar-refractivity contribution in [1.29, 1.82) is 5.26 Å². The van der Waals surface area contributed by atoms with Crippen molar-refractivity contribution in [2.45, 2.75) is 24.7 Å². The SMILES string of the molecule is N#CC1(c2cccc(C(=O)c3ccccc3)c2)CCC1. The summed E-state index contributed by atoms with van der Waals surface area (Å²) in [6.07, 6.45) is 2.88. The van der Waals surface area contributed by atoms with Gasteiger partial charge < -0.3 is 0 Å². The van der Waals surface area contributed by atoms with Crippen molar-refractivity contribution in [2.24, 2.45) is 0 Å². The van der Waals surface area contributed by atoms with E-state index in [1.807, 2.05) is 54.6 Å². The zero-order chi connectivity index (χ0) is 14.0. The highest BCUT2D eigenvalue weighted by Crippen LogP contribution is 2.43. The average Bonchev–Trinajstić information content (AvgIpc) is 2.47. The van der Waals surface area contributed by atoms with Gasteiger partial charge in [0.2, 0.25) is 0 Å². The van der Waals surface area contributed by atoms with E-state index in [4.69, 9.17) is 0 Å². The van der Waals surface area contributed by atoms with Gasteiger partial charge in [-0.25, -0.2) is 0 Å². The Kier molecular flexibility index (Phi) is 3.12. The molecule has 0 aliphatic heterocycles. The number of ketones is 1. The van der Waals surface area contributed by atoms with Crippen molar-refractivity contribution in [1.82, 2.24) is 0 Å². The van der Waals surface area contributed by atoms with Gasteiger partial charge in [0.25, 0.3) is 0 Å². The maximum atomic E-state index is 12.4. The highest BCUT2D eigenvalue weighted by atomic mass is 16.1. The van der Waals surface area contributed by atoms with E-state index in [1.165, 1.54) is 0 Å². The molecule has 1 fully saturated rings. The van der Waals surface area contributed by atoms with Gasteiger partial charge in [-0.05, 0) is 30.9 Å². The second kappa shape index (κ2) is 4.94. The fourth-order valence-electron chi connectivity index (χ4n) is 2.71. The maximum Gasteiger partial charge on any atom is 0.193 e. The number of carbonyl (C=O) groups is 1. The second-order valence-corrected chi connectivity index (χ2v) is 5.32. The second-order valence-electron chi connectivity index (χ2n) is 5.32. The van der Waals surface area contributed by atoms with Gasteiger partial charge in [-0.3, -0.25) is 4.79 Å². The lowest BCUT2D eigenvalue weighted by molar-refractivity contribution is 0.103. The maximum absolute atomic E-state index is 12.4. The number of hydrogen-bond acceptors (Lipinski definition) is 2. The third-order valence-electron chi connectivity index (χ3n) is 4.13. The van der Waals surface area contributed by atoms with E-state index in [0.717, 1.165) is 24.8 Å². The molecule has 3 rings (SSSR count). The predicted octanol–water partition coefficient (Wildman–Crippen LogP) is 3.86. The van der Waals surface area contributed by atoms with Gasteiger partial charge in [-0.2, -0.15) is 5.26 Å². The molecule has 0 amide bonds. The summed E-state index contributed by atoms with van der Waals surface area (Å²) in [5.74, 6) is 0.0138. The van der Waals surface area contributed by atoms with Gasteiger partial charge in [0.05, 0.1) is 11.5 Å². The number of hydrogen-bond donors (Lipinski definition) is 0. The molecular formula is C18H15NO. The lowest BCUT2D eigenvalue weighted by atomic mass is 9.65. The highest BCUT2D eigenvalue weighted by Gasteiger charge is 2.39. The van der Waals surface area contributed by atoms with Crippen LogP contribution < -0.4 is 0 Å². The number of benzene rings is 2. The highest BCUT2D eigenvalue weighted by molar-refractivity contribution is 6.09. The molecule has 0 heterocycles. The Hall–Kier alpha value is -2.40. The summed E-state index contributed by atoms with van der Waals surface area (Å²) in [4.78, 5) is 12.4. The minimum atomic E-state index is -0.368. The molecule has 2 nitrogen and oxygen atoms in total. The minimum Gasteiger partial charge on any atom is -0.289 e. The van der Waals surface area contributed by atoms with Crippen LogP contribution in [0.2, 0.25) is 0 Å². The molecule has 0 radical (unpaired) electrons. The first-order chi connectivity index (χ1) is 9.75. The molecule has 0 N–H and O–H groups in total. The predicted molar refractivity (Wildman–Crippen MR) is 77.5 cm³/mol. The van der Waals surface area contributed by atoms with Crippen LogP contribution in [0.25, 0.3) is 0 Å². The molecule has 0 spiro atoms. The monoisotopic (exact) mass is 261 g/mol. The Labute approximate surface area is 118 Å². The van der Waals surface area contributed by atoms with E-state index in [9.17, 15) is 10.1 Å². The fraction of sp³-hybridized carbons (Fsp3) is 0.222. The molecule has 1 aliphatic carbocycles. The number of nitrogens with zero attached hydrogens (tertiary/aromatic N) is 1.